The molecular formula is C15H31N3. The van der Waals surface area contributed by atoms with E-state index in [2.05, 4.69) is 29.2 Å². The summed E-state index contributed by atoms with van der Waals surface area (Å²) in [6, 6.07) is 0.834. The highest BCUT2D eigenvalue weighted by Gasteiger charge is 2.19. The van der Waals surface area contributed by atoms with E-state index in [9.17, 15) is 0 Å². The normalized spacial score (nSPS) is 31.7. The number of nitrogens with zero attached hydrogens (tertiary/aromatic N) is 2. The van der Waals surface area contributed by atoms with Gasteiger partial charge in [0.25, 0.3) is 0 Å². The quantitative estimate of drug-likeness (QED) is 0.754. The van der Waals surface area contributed by atoms with Gasteiger partial charge in [-0.1, -0.05) is 6.42 Å². The Morgan fingerprint density at radius 1 is 1.06 bits per heavy atom. The van der Waals surface area contributed by atoms with Gasteiger partial charge in [0.1, 0.15) is 0 Å². The minimum absolute atomic E-state index is 0.834. The third kappa shape index (κ3) is 4.52. The lowest BCUT2D eigenvalue weighted by Gasteiger charge is -2.33. The summed E-state index contributed by atoms with van der Waals surface area (Å²) in [5.41, 5.74) is 0. The number of hydrogen-bond donors (Lipinski definition) is 1. The Morgan fingerprint density at radius 2 is 1.94 bits per heavy atom. The third-order valence-corrected chi connectivity index (χ3v) is 4.73. The van der Waals surface area contributed by atoms with Crippen LogP contribution in [0.4, 0.5) is 0 Å². The maximum atomic E-state index is 3.69. The fourth-order valence-corrected chi connectivity index (χ4v) is 3.52. The van der Waals surface area contributed by atoms with Crippen molar-refractivity contribution in [1.29, 1.82) is 0 Å². The van der Waals surface area contributed by atoms with Crippen molar-refractivity contribution in [1.82, 2.24) is 15.1 Å². The van der Waals surface area contributed by atoms with Crippen LogP contribution >= 0.6 is 0 Å². The van der Waals surface area contributed by atoms with Gasteiger partial charge in [-0.25, -0.2) is 0 Å². The van der Waals surface area contributed by atoms with Gasteiger partial charge in [0.05, 0.1) is 0 Å². The molecule has 2 rings (SSSR count). The van der Waals surface area contributed by atoms with Crippen LogP contribution in [-0.4, -0.2) is 62.7 Å². The molecule has 2 saturated heterocycles. The lowest BCUT2D eigenvalue weighted by atomic mass is 9.98. The van der Waals surface area contributed by atoms with Gasteiger partial charge in [-0.05, 0) is 78.3 Å². The summed E-state index contributed by atoms with van der Waals surface area (Å²) in [7, 11) is 4.54. The zero-order valence-corrected chi connectivity index (χ0v) is 12.3. The Hall–Kier alpha value is -0.120. The summed E-state index contributed by atoms with van der Waals surface area (Å²) in [6.45, 7) is 6.31. The molecule has 2 unspecified atom stereocenters. The topological polar surface area (TPSA) is 18.5 Å². The molecule has 106 valence electrons. The number of nitrogens with one attached hydrogen (secondary N) is 1. The Labute approximate surface area is 113 Å². The van der Waals surface area contributed by atoms with Gasteiger partial charge in [-0.15, -0.1) is 0 Å². The number of hydrogen-bond acceptors (Lipinski definition) is 3. The van der Waals surface area contributed by atoms with Crippen LogP contribution in [0.1, 0.15) is 38.5 Å². The molecule has 0 aromatic heterocycles. The van der Waals surface area contributed by atoms with Gasteiger partial charge in [0.15, 0.2) is 0 Å². The van der Waals surface area contributed by atoms with Crippen LogP contribution in [0.15, 0.2) is 0 Å². The molecule has 0 aliphatic carbocycles. The molecule has 0 aromatic rings. The first kappa shape index (κ1) is 14.3. The predicted molar refractivity (Wildman–Crippen MR) is 78.0 cm³/mol. The molecule has 2 fully saturated rings. The zero-order valence-electron chi connectivity index (χ0n) is 12.3. The number of likely N-dealkylation sites (tertiary alicyclic amines) is 2. The van der Waals surface area contributed by atoms with Crippen LogP contribution in [0.5, 0.6) is 0 Å². The van der Waals surface area contributed by atoms with Crippen LogP contribution in [0.2, 0.25) is 0 Å². The Balaban J connectivity index is 1.55. The first-order chi connectivity index (χ1) is 8.75. The van der Waals surface area contributed by atoms with Gasteiger partial charge in [0, 0.05) is 12.6 Å². The molecule has 2 aliphatic heterocycles. The highest BCUT2D eigenvalue weighted by Crippen LogP contribution is 2.17. The van der Waals surface area contributed by atoms with Gasteiger partial charge in [-0.2, -0.15) is 0 Å². The largest absolute Gasteiger partial charge is 0.316 e. The molecule has 3 heteroatoms. The second-order valence-corrected chi connectivity index (χ2v) is 6.39. The minimum atomic E-state index is 0.834. The summed E-state index contributed by atoms with van der Waals surface area (Å²) in [5, 5.41) is 3.69. The van der Waals surface area contributed by atoms with Gasteiger partial charge >= 0.3 is 0 Å². The molecule has 0 bridgehead atoms. The first-order valence-corrected chi connectivity index (χ1v) is 7.85. The molecule has 18 heavy (non-hydrogen) atoms. The summed E-state index contributed by atoms with van der Waals surface area (Å²) < 4.78 is 0. The highest BCUT2D eigenvalue weighted by atomic mass is 15.1. The Bertz CT molecular complexity index is 232. The second-order valence-electron chi connectivity index (χ2n) is 6.39. The average Bonchev–Trinajstić information content (AvgIpc) is 2.37. The Morgan fingerprint density at radius 3 is 2.72 bits per heavy atom. The van der Waals surface area contributed by atoms with E-state index in [0.717, 1.165) is 12.0 Å². The molecule has 2 atom stereocenters. The standard InChI is InChI=1S/C15H31N3/c1-17-10-5-6-14(13-17)12-16-9-8-15-7-3-4-11-18(15)2/h14-16H,3-13H2,1-2H3. The first-order valence-electron chi connectivity index (χ1n) is 7.85. The van der Waals surface area contributed by atoms with E-state index in [1.54, 1.807) is 0 Å². The highest BCUT2D eigenvalue weighted by molar-refractivity contribution is 4.76. The van der Waals surface area contributed by atoms with Gasteiger partial charge < -0.3 is 15.1 Å². The molecule has 0 radical (unpaired) electrons. The van der Waals surface area contributed by atoms with Crippen LogP contribution in [0.3, 0.4) is 0 Å². The maximum absolute atomic E-state index is 3.69. The summed E-state index contributed by atoms with van der Waals surface area (Å²) >= 11 is 0. The van der Waals surface area contributed by atoms with Gasteiger partial charge in [-0.3, -0.25) is 0 Å². The van der Waals surface area contributed by atoms with Crippen LogP contribution in [0, 0.1) is 5.92 Å². The van der Waals surface area contributed by atoms with E-state index >= 15 is 0 Å². The summed E-state index contributed by atoms with van der Waals surface area (Å²) in [5.74, 6) is 0.882. The predicted octanol–water partition coefficient (Wildman–Crippen LogP) is 1.79. The lowest BCUT2D eigenvalue weighted by Crippen LogP contribution is -2.40. The van der Waals surface area contributed by atoms with Crippen molar-refractivity contribution in [3.05, 3.63) is 0 Å². The average molecular weight is 253 g/mol. The molecule has 3 nitrogen and oxygen atoms in total. The van der Waals surface area contributed by atoms with Crippen molar-refractivity contribution in [2.24, 2.45) is 5.92 Å². The van der Waals surface area contributed by atoms with Gasteiger partial charge in [0.2, 0.25) is 0 Å². The second kappa shape index (κ2) is 7.46. The monoisotopic (exact) mass is 253 g/mol. The number of piperidine rings is 2. The van der Waals surface area contributed by atoms with Crippen molar-refractivity contribution < 1.29 is 0 Å². The van der Waals surface area contributed by atoms with Crippen molar-refractivity contribution in [3.8, 4) is 0 Å². The van der Waals surface area contributed by atoms with Crippen LogP contribution < -0.4 is 5.32 Å². The fourth-order valence-electron chi connectivity index (χ4n) is 3.52. The summed E-state index contributed by atoms with van der Waals surface area (Å²) in [6.07, 6.45) is 8.37. The van der Waals surface area contributed by atoms with Crippen LogP contribution in [0.25, 0.3) is 0 Å². The van der Waals surface area contributed by atoms with Crippen molar-refractivity contribution in [2.75, 3.05) is 46.8 Å². The molecule has 1 N–H and O–H groups in total. The lowest BCUT2D eigenvalue weighted by molar-refractivity contribution is 0.172. The fraction of sp³-hybridized carbons (Fsp3) is 1.00. The van der Waals surface area contributed by atoms with E-state index in [0.29, 0.717) is 0 Å². The molecule has 0 amide bonds. The molecule has 2 heterocycles. The Kier molecular flexibility index (Phi) is 5.93. The third-order valence-electron chi connectivity index (χ3n) is 4.73. The van der Waals surface area contributed by atoms with Crippen LogP contribution in [-0.2, 0) is 0 Å². The zero-order chi connectivity index (χ0) is 12.8. The summed E-state index contributed by atoms with van der Waals surface area (Å²) in [4.78, 5) is 5.03. The molecule has 0 aromatic carbocycles. The van der Waals surface area contributed by atoms with Crippen molar-refractivity contribution in [3.63, 3.8) is 0 Å². The van der Waals surface area contributed by atoms with Crippen molar-refractivity contribution >= 4 is 0 Å². The van der Waals surface area contributed by atoms with E-state index in [4.69, 9.17) is 0 Å². The van der Waals surface area contributed by atoms with E-state index in [-0.39, 0.29) is 0 Å². The molecule has 0 spiro atoms. The smallest absolute Gasteiger partial charge is 0.0104 e. The van der Waals surface area contributed by atoms with E-state index in [1.807, 2.05) is 0 Å². The molecule has 2 aliphatic rings. The van der Waals surface area contributed by atoms with Crippen molar-refractivity contribution in [2.45, 2.75) is 44.6 Å². The number of rotatable bonds is 5. The SMILES string of the molecule is CN1CCCC(CNCCC2CCCCN2C)C1. The molecular weight excluding hydrogens is 222 g/mol. The van der Waals surface area contributed by atoms with E-state index in [1.165, 1.54) is 71.2 Å². The minimum Gasteiger partial charge on any atom is -0.316 e. The maximum Gasteiger partial charge on any atom is 0.0104 e. The van der Waals surface area contributed by atoms with E-state index < -0.39 is 0 Å². The molecule has 0 saturated carbocycles.